The Hall–Kier alpha value is -1.60. The van der Waals surface area contributed by atoms with Crippen LogP contribution in [0, 0.1) is 5.92 Å². The van der Waals surface area contributed by atoms with Crippen molar-refractivity contribution in [1.29, 1.82) is 0 Å². The lowest BCUT2D eigenvalue weighted by molar-refractivity contribution is -0.122. The normalized spacial score (nSPS) is 15.2. The molecule has 0 aromatic heterocycles. The van der Waals surface area contributed by atoms with Crippen molar-refractivity contribution in [3.05, 3.63) is 18.2 Å². The number of carbonyl (C=O) groups excluding carboxylic acids is 1. The Kier molecular flexibility index (Phi) is 6.23. The van der Waals surface area contributed by atoms with E-state index in [1.165, 1.54) is 10.4 Å². The van der Waals surface area contributed by atoms with Gasteiger partial charge >= 0.3 is 0 Å². The van der Waals surface area contributed by atoms with Gasteiger partial charge in [0.15, 0.2) is 0 Å². The molecule has 1 saturated carbocycles. The highest BCUT2D eigenvalue weighted by Gasteiger charge is 2.28. The van der Waals surface area contributed by atoms with Gasteiger partial charge in [0.2, 0.25) is 15.9 Å². The molecule has 1 aliphatic rings. The highest BCUT2D eigenvalue weighted by atomic mass is 32.2. The van der Waals surface area contributed by atoms with Crippen LogP contribution in [0.5, 0.6) is 5.75 Å². The van der Waals surface area contributed by atoms with Crippen LogP contribution >= 0.6 is 0 Å². The van der Waals surface area contributed by atoms with Gasteiger partial charge in [0, 0.05) is 24.7 Å². The average Bonchev–Trinajstić information content (AvgIpc) is 2.48. The number of hydrogen-bond donors (Lipinski definition) is 1. The maximum absolute atomic E-state index is 12.9. The Morgan fingerprint density at radius 3 is 2.42 bits per heavy atom. The predicted molar refractivity (Wildman–Crippen MR) is 93.7 cm³/mol. The van der Waals surface area contributed by atoms with Gasteiger partial charge in [-0.25, -0.2) is 8.42 Å². The van der Waals surface area contributed by atoms with Crippen LogP contribution in [0.1, 0.15) is 40.0 Å². The number of hydrogen-bond acceptors (Lipinski definition) is 4. The lowest BCUT2D eigenvalue weighted by atomic mass is 9.85. The maximum atomic E-state index is 12.9. The fourth-order valence-corrected chi connectivity index (χ4v) is 4.29. The molecule has 7 heteroatoms. The summed E-state index contributed by atoms with van der Waals surface area (Å²) in [6.07, 6.45) is 2.86. The molecule has 134 valence electrons. The highest BCUT2D eigenvalue weighted by molar-refractivity contribution is 7.89. The molecule has 2 rings (SSSR count). The standard InChI is InChI=1S/C17H26N2O4S/c1-4-19(5-2)24(21,22)16-12-14(10-11-15(16)23-6-3)18-17(20)13-8-7-9-13/h10-13H,4-9H2,1-3H3,(H,18,20). The lowest BCUT2D eigenvalue weighted by Crippen LogP contribution is -2.31. The Labute approximate surface area is 144 Å². The number of nitrogens with one attached hydrogen (secondary N) is 1. The van der Waals surface area contributed by atoms with Crippen molar-refractivity contribution in [2.75, 3.05) is 25.0 Å². The zero-order chi connectivity index (χ0) is 17.7. The molecule has 0 radical (unpaired) electrons. The van der Waals surface area contributed by atoms with Gasteiger partial charge in [-0.3, -0.25) is 4.79 Å². The van der Waals surface area contributed by atoms with E-state index in [0.717, 1.165) is 19.3 Å². The molecule has 0 spiro atoms. The first-order chi connectivity index (χ1) is 11.4. The van der Waals surface area contributed by atoms with Gasteiger partial charge in [-0.15, -0.1) is 0 Å². The first-order valence-corrected chi connectivity index (χ1v) is 9.95. The number of carbonyl (C=O) groups is 1. The van der Waals surface area contributed by atoms with Gasteiger partial charge in [-0.05, 0) is 38.0 Å². The van der Waals surface area contributed by atoms with Crippen molar-refractivity contribution in [1.82, 2.24) is 4.31 Å². The summed E-state index contributed by atoms with van der Waals surface area (Å²) < 4.78 is 32.6. The van der Waals surface area contributed by atoms with Crippen molar-refractivity contribution >= 4 is 21.6 Å². The number of amides is 1. The zero-order valence-corrected chi connectivity index (χ0v) is 15.4. The van der Waals surface area contributed by atoms with E-state index in [0.29, 0.717) is 31.1 Å². The van der Waals surface area contributed by atoms with Crippen LogP contribution in [0.25, 0.3) is 0 Å². The monoisotopic (exact) mass is 354 g/mol. The molecule has 0 saturated heterocycles. The summed E-state index contributed by atoms with van der Waals surface area (Å²) in [4.78, 5) is 12.2. The molecule has 1 N–H and O–H groups in total. The third kappa shape index (κ3) is 3.89. The van der Waals surface area contributed by atoms with Gasteiger partial charge < -0.3 is 10.1 Å². The van der Waals surface area contributed by atoms with Gasteiger partial charge in [0.1, 0.15) is 10.6 Å². The second-order valence-electron chi connectivity index (χ2n) is 5.80. The van der Waals surface area contributed by atoms with E-state index >= 15 is 0 Å². The molecule has 1 fully saturated rings. The summed E-state index contributed by atoms with van der Waals surface area (Å²) in [5, 5.41) is 2.82. The van der Waals surface area contributed by atoms with Gasteiger partial charge in [-0.1, -0.05) is 20.3 Å². The van der Waals surface area contributed by atoms with Gasteiger partial charge in [0.25, 0.3) is 0 Å². The predicted octanol–water partition coefficient (Wildman–Crippen LogP) is 2.85. The van der Waals surface area contributed by atoms with E-state index in [-0.39, 0.29) is 16.7 Å². The molecule has 1 amide bonds. The first kappa shape index (κ1) is 18.7. The summed E-state index contributed by atoms with van der Waals surface area (Å²) >= 11 is 0. The number of sulfonamides is 1. The molecule has 1 aromatic rings. The minimum Gasteiger partial charge on any atom is -0.492 e. The van der Waals surface area contributed by atoms with Gasteiger partial charge in [-0.2, -0.15) is 4.31 Å². The molecule has 0 heterocycles. The summed E-state index contributed by atoms with van der Waals surface area (Å²) in [5.41, 5.74) is 0.487. The van der Waals surface area contributed by atoms with E-state index in [1.54, 1.807) is 32.9 Å². The van der Waals surface area contributed by atoms with Crippen LogP contribution in [0.2, 0.25) is 0 Å². The quantitative estimate of drug-likeness (QED) is 0.779. The number of nitrogens with zero attached hydrogens (tertiary/aromatic N) is 1. The molecule has 0 aliphatic heterocycles. The van der Waals surface area contributed by atoms with E-state index in [4.69, 9.17) is 4.74 Å². The largest absolute Gasteiger partial charge is 0.492 e. The molecule has 6 nitrogen and oxygen atoms in total. The summed E-state index contributed by atoms with van der Waals surface area (Å²) in [6.45, 7) is 6.52. The molecule has 0 bridgehead atoms. The Morgan fingerprint density at radius 1 is 1.25 bits per heavy atom. The van der Waals surface area contributed by atoms with E-state index in [9.17, 15) is 13.2 Å². The topological polar surface area (TPSA) is 75.7 Å². The molecular formula is C17H26N2O4S. The van der Waals surface area contributed by atoms with Crippen LogP contribution < -0.4 is 10.1 Å². The first-order valence-electron chi connectivity index (χ1n) is 8.51. The van der Waals surface area contributed by atoms with E-state index in [2.05, 4.69) is 5.32 Å². The molecule has 1 aliphatic carbocycles. The molecule has 24 heavy (non-hydrogen) atoms. The Morgan fingerprint density at radius 2 is 1.92 bits per heavy atom. The molecule has 1 aromatic carbocycles. The minimum absolute atomic E-state index is 0.0411. The van der Waals surface area contributed by atoms with Crippen molar-refractivity contribution < 1.29 is 17.9 Å². The zero-order valence-electron chi connectivity index (χ0n) is 14.5. The van der Waals surface area contributed by atoms with Crippen molar-refractivity contribution in [2.45, 2.75) is 44.9 Å². The average molecular weight is 354 g/mol. The molecule has 0 unspecified atom stereocenters. The molecule has 0 atom stereocenters. The van der Waals surface area contributed by atoms with Gasteiger partial charge in [0.05, 0.1) is 6.61 Å². The minimum atomic E-state index is -3.67. The van der Waals surface area contributed by atoms with Crippen molar-refractivity contribution in [2.24, 2.45) is 5.92 Å². The summed E-state index contributed by atoms with van der Waals surface area (Å²) in [5.74, 6) is 0.307. The molecular weight excluding hydrogens is 328 g/mol. The fraction of sp³-hybridized carbons (Fsp3) is 0.588. The third-order valence-electron chi connectivity index (χ3n) is 4.31. The van der Waals surface area contributed by atoms with Crippen LogP contribution in [0.4, 0.5) is 5.69 Å². The smallest absolute Gasteiger partial charge is 0.246 e. The SMILES string of the molecule is CCOc1ccc(NC(=O)C2CCC2)cc1S(=O)(=O)N(CC)CC. The van der Waals surface area contributed by atoms with Crippen LogP contribution in [0.15, 0.2) is 23.1 Å². The van der Waals surface area contributed by atoms with Crippen molar-refractivity contribution in [3.8, 4) is 5.75 Å². The number of rotatable bonds is 8. The van der Waals surface area contributed by atoms with E-state index in [1.807, 2.05) is 0 Å². The summed E-state index contributed by atoms with van der Waals surface area (Å²) in [7, 11) is -3.67. The second kappa shape index (κ2) is 7.98. The van der Waals surface area contributed by atoms with Crippen molar-refractivity contribution in [3.63, 3.8) is 0 Å². The summed E-state index contributed by atoms with van der Waals surface area (Å²) in [6, 6.07) is 4.79. The number of benzene rings is 1. The second-order valence-corrected chi connectivity index (χ2v) is 7.71. The highest BCUT2D eigenvalue weighted by Crippen LogP contribution is 2.32. The van der Waals surface area contributed by atoms with Crippen LogP contribution in [-0.4, -0.2) is 38.3 Å². The van der Waals surface area contributed by atoms with E-state index < -0.39 is 10.0 Å². The third-order valence-corrected chi connectivity index (χ3v) is 6.38. The Balaban J connectivity index is 2.35. The Bertz CT molecular complexity index is 680. The maximum Gasteiger partial charge on any atom is 0.246 e. The number of ether oxygens (including phenoxy) is 1. The van der Waals surface area contributed by atoms with Crippen LogP contribution in [-0.2, 0) is 14.8 Å². The van der Waals surface area contributed by atoms with Crippen LogP contribution in [0.3, 0.4) is 0 Å². The number of anilines is 1. The fourth-order valence-electron chi connectivity index (χ4n) is 2.68. The lowest BCUT2D eigenvalue weighted by Gasteiger charge is -2.25.